The van der Waals surface area contributed by atoms with E-state index in [1.165, 1.54) is 11.8 Å². The summed E-state index contributed by atoms with van der Waals surface area (Å²) in [5.41, 5.74) is -1.63. The quantitative estimate of drug-likeness (QED) is 0.546. The molecule has 1 fully saturated rings. The molecule has 1 unspecified atom stereocenters. The molecule has 0 aromatic carbocycles. The standard InChI is InChI=1S/C11H15ClN2O3/c1-9(15)11(8-13,2-3-12)10(16)14-4-6-17-7-5-14/h2-7H2,1H3. The molecular formula is C11H15ClN2O3. The number of halogens is 1. The molecule has 0 saturated carbocycles. The van der Waals surface area contributed by atoms with Crippen molar-refractivity contribution in [2.24, 2.45) is 5.41 Å². The fraction of sp³-hybridized carbons (Fsp3) is 0.727. The molecule has 1 atom stereocenters. The Morgan fingerprint density at radius 2 is 2.06 bits per heavy atom. The van der Waals surface area contributed by atoms with Gasteiger partial charge in [-0.25, -0.2) is 0 Å². The highest BCUT2D eigenvalue weighted by molar-refractivity contribution is 6.18. The summed E-state index contributed by atoms with van der Waals surface area (Å²) in [7, 11) is 0. The van der Waals surface area contributed by atoms with Crippen molar-refractivity contribution >= 4 is 23.3 Å². The van der Waals surface area contributed by atoms with Crippen LogP contribution in [0.25, 0.3) is 0 Å². The van der Waals surface area contributed by atoms with E-state index >= 15 is 0 Å². The van der Waals surface area contributed by atoms with Gasteiger partial charge in [-0.2, -0.15) is 5.26 Å². The Bertz CT molecular complexity index is 347. The van der Waals surface area contributed by atoms with Gasteiger partial charge in [0.25, 0.3) is 5.91 Å². The third-order valence-electron chi connectivity index (χ3n) is 2.92. The number of amides is 1. The highest BCUT2D eigenvalue weighted by atomic mass is 35.5. The second kappa shape index (κ2) is 5.99. The molecule has 0 aromatic heterocycles. The van der Waals surface area contributed by atoms with Gasteiger partial charge in [0, 0.05) is 19.0 Å². The van der Waals surface area contributed by atoms with E-state index in [0.717, 1.165) is 0 Å². The first kappa shape index (κ1) is 13.9. The summed E-state index contributed by atoms with van der Waals surface area (Å²) < 4.78 is 5.13. The monoisotopic (exact) mass is 258 g/mol. The van der Waals surface area contributed by atoms with E-state index in [1.807, 2.05) is 6.07 Å². The Labute approximate surface area is 105 Å². The number of hydrogen-bond donors (Lipinski definition) is 0. The average Bonchev–Trinajstić information content (AvgIpc) is 2.36. The van der Waals surface area contributed by atoms with Crippen molar-refractivity contribution in [3.8, 4) is 6.07 Å². The summed E-state index contributed by atoms with van der Waals surface area (Å²) in [5, 5.41) is 9.17. The topological polar surface area (TPSA) is 70.4 Å². The minimum absolute atomic E-state index is 0.0522. The highest BCUT2D eigenvalue weighted by Crippen LogP contribution is 2.27. The smallest absolute Gasteiger partial charge is 0.250 e. The number of nitriles is 1. The number of ketones is 1. The maximum atomic E-state index is 12.3. The van der Waals surface area contributed by atoms with Gasteiger partial charge in [-0.05, 0) is 13.3 Å². The van der Waals surface area contributed by atoms with Gasteiger partial charge in [0.15, 0.2) is 11.2 Å². The highest BCUT2D eigenvalue weighted by Gasteiger charge is 2.45. The number of morpholine rings is 1. The van der Waals surface area contributed by atoms with Crippen LogP contribution in [0.1, 0.15) is 13.3 Å². The Hall–Kier alpha value is -1.12. The normalized spacial score (nSPS) is 19.2. The van der Waals surface area contributed by atoms with Crippen LogP contribution in [0.3, 0.4) is 0 Å². The van der Waals surface area contributed by atoms with E-state index in [-0.39, 0.29) is 12.3 Å². The molecule has 1 aliphatic rings. The van der Waals surface area contributed by atoms with Crippen molar-refractivity contribution in [1.82, 2.24) is 4.90 Å². The van der Waals surface area contributed by atoms with Crippen LogP contribution < -0.4 is 0 Å². The van der Waals surface area contributed by atoms with Crippen molar-refractivity contribution in [1.29, 1.82) is 5.26 Å². The van der Waals surface area contributed by atoms with Gasteiger partial charge in [-0.15, -0.1) is 11.6 Å². The fourth-order valence-corrected chi connectivity index (χ4v) is 2.08. The van der Waals surface area contributed by atoms with Crippen LogP contribution >= 0.6 is 11.6 Å². The molecule has 0 N–H and O–H groups in total. The predicted octanol–water partition coefficient (Wildman–Crippen LogP) is 0.573. The lowest BCUT2D eigenvalue weighted by atomic mass is 9.81. The summed E-state index contributed by atoms with van der Waals surface area (Å²) in [6.45, 7) is 2.96. The Kier molecular flexibility index (Phi) is 4.91. The molecule has 1 heterocycles. The molecule has 0 spiro atoms. The summed E-state index contributed by atoms with van der Waals surface area (Å²) in [6, 6.07) is 1.85. The third kappa shape index (κ3) is 2.76. The Balaban J connectivity index is 2.93. The molecule has 0 aliphatic carbocycles. The molecule has 0 bridgehead atoms. The fourth-order valence-electron chi connectivity index (χ4n) is 1.79. The van der Waals surface area contributed by atoms with Gasteiger partial charge >= 0.3 is 0 Å². The van der Waals surface area contributed by atoms with Crippen LogP contribution in [0.5, 0.6) is 0 Å². The maximum absolute atomic E-state index is 12.3. The number of carbonyl (C=O) groups excluding carboxylic acids is 2. The van der Waals surface area contributed by atoms with E-state index in [1.54, 1.807) is 0 Å². The minimum atomic E-state index is -1.63. The van der Waals surface area contributed by atoms with Gasteiger partial charge in [-0.1, -0.05) is 0 Å². The SMILES string of the molecule is CC(=O)C(C#N)(CCCl)C(=O)N1CCOCC1. The van der Waals surface area contributed by atoms with Crippen LogP contribution in [0.2, 0.25) is 0 Å². The summed E-state index contributed by atoms with van der Waals surface area (Å²) in [6.07, 6.45) is 0.0522. The molecule has 5 nitrogen and oxygen atoms in total. The van der Waals surface area contributed by atoms with Crippen LogP contribution in [-0.2, 0) is 14.3 Å². The zero-order valence-electron chi connectivity index (χ0n) is 9.74. The van der Waals surface area contributed by atoms with Crippen molar-refractivity contribution in [3.05, 3.63) is 0 Å². The molecule has 1 rings (SSSR count). The minimum Gasteiger partial charge on any atom is -0.378 e. The zero-order chi connectivity index (χ0) is 12.9. The van der Waals surface area contributed by atoms with E-state index in [0.29, 0.717) is 26.3 Å². The maximum Gasteiger partial charge on any atom is 0.250 e. The first-order valence-electron chi connectivity index (χ1n) is 5.44. The third-order valence-corrected chi connectivity index (χ3v) is 3.11. The van der Waals surface area contributed by atoms with E-state index in [9.17, 15) is 14.9 Å². The molecule has 0 aromatic rings. The van der Waals surface area contributed by atoms with Crippen LogP contribution in [0.4, 0.5) is 0 Å². The number of carbonyl (C=O) groups is 2. The number of alkyl halides is 1. The molecule has 1 aliphatic heterocycles. The lowest BCUT2D eigenvalue weighted by molar-refractivity contribution is -0.148. The van der Waals surface area contributed by atoms with E-state index in [4.69, 9.17) is 16.3 Å². The van der Waals surface area contributed by atoms with Crippen molar-refractivity contribution in [2.75, 3.05) is 32.2 Å². The number of ether oxygens (including phenoxy) is 1. The second-order valence-corrected chi connectivity index (χ2v) is 4.29. The van der Waals surface area contributed by atoms with Crippen molar-refractivity contribution in [2.45, 2.75) is 13.3 Å². The molecule has 1 saturated heterocycles. The number of nitrogens with zero attached hydrogens (tertiary/aromatic N) is 2. The van der Waals surface area contributed by atoms with E-state index < -0.39 is 17.1 Å². The molecule has 17 heavy (non-hydrogen) atoms. The largest absolute Gasteiger partial charge is 0.378 e. The van der Waals surface area contributed by atoms with Gasteiger partial charge in [0.1, 0.15) is 0 Å². The van der Waals surface area contributed by atoms with Crippen LogP contribution in [-0.4, -0.2) is 48.8 Å². The lowest BCUT2D eigenvalue weighted by Crippen LogP contribution is -2.51. The van der Waals surface area contributed by atoms with E-state index in [2.05, 4.69) is 0 Å². The van der Waals surface area contributed by atoms with Crippen LogP contribution in [0.15, 0.2) is 0 Å². The van der Waals surface area contributed by atoms with Gasteiger partial charge in [-0.3, -0.25) is 9.59 Å². The molecular weight excluding hydrogens is 244 g/mol. The summed E-state index contributed by atoms with van der Waals surface area (Å²) >= 11 is 5.59. The molecule has 0 radical (unpaired) electrons. The Morgan fingerprint density at radius 1 is 1.47 bits per heavy atom. The van der Waals surface area contributed by atoms with Gasteiger partial charge in [0.05, 0.1) is 19.3 Å². The molecule has 1 amide bonds. The lowest BCUT2D eigenvalue weighted by Gasteiger charge is -2.33. The summed E-state index contributed by atoms with van der Waals surface area (Å²) in [5.74, 6) is -0.794. The number of hydrogen-bond acceptors (Lipinski definition) is 4. The number of Topliss-reactive ketones (excluding diaryl/α,β-unsaturated/α-hetero) is 1. The van der Waals surface area contributed by atoms with Crippen molar-refractivity contribution < 1.29 is 14.3 Å². The average molecular weight is 259 g/mol. The van der Waals surface area contributed by atoms with Crippen LogP contribution in [0, 0.1) is 16.7 Å². The van der Waals surface area contributed by atoms with Gasteiger partial charge < -0.3 is 9.64 Å². The Morgan fingerprint density at radius 3 is 2.47 bits per heavy atom. The predicted molar refractivity (Wildman–Crippen MR) is 61.5 cm³/mol. The molecule has 94 valence electrons. The molecule has 6 heteroatoms. The first-order chi connectivity index (χ1) is 8.08. The zero-order valence-corrected chi connectivity index (χ0v) is 10.5. The number of rotatable bonds is 4. The first-order valence-corrected chi connectivity index (χ1v) is 5.97. The van der Waals surface area contributed by atoms with Crippen molar-refractivity contribution in [3.63, 3.8) is 0 Å². The summed E-state index contributed by atoms with van der Waals surface area (Å²) in [4.78, 5) is 25.4. The van der Waals surface area contributed by atoms with Gasteiger partial charge in [0.2, 0.25) is 0 Å². The second-order valence-electron chi connectivity index (χ2n) is 3.92.